The SMILES string of the molecule is CC/C=C\C/C=C\C/C=C\C/C=C\C/C=C\CCCCCCCCCC(=O)NC(COP(=O)([O-])OCC[N+](C)(C)C)C(O)/C=C/CCCCCCCCCCCCCCCCCCCCCCCCCCCCCC. The van der Waals surface area contributed by atoms with Crippen molar-refractivity contribution in [1.82, 2.24) is 5.32 Å². The van der Waals surface area contributed by atoms with Gasteiger partial charge in [0.15, 0.2) is 0 Å². The number of hydrogen-bond acceptors (Lipinski definition) is 6. The molecule has 0 aliphatic heterocycles. The number of aliphatic hydroxyl groups is 1. The number of nitrogens with one attached hydrogen (secondary N) is 1. The molecule has 0 spiro atoms. The lowest BCUT2D eigenvalue weighted by Gasteiger charge is -2.29. The fraction of sp³-hybridized carbons (Fsp3) is 0.803. The molecule has 0 heterocycles. The lowest BCUT2D eigenvalue weighted by atomic mass is 10.0. The molecule has 0 fully saturated rings. The molecule has 0 saturated heterocycles. The van der Waals surface area contributed by atoms with E-state index in [1.165, 1.54) is 186 Å². The Morgan fingerprint density at radius 2 is 0.813 bits per heavy atom. The zero-order valence-corrected chi connectivity index (χ0v) is 50.9. The summed E-state index contributed by atoms with van der Waals surface area (Å²) in [5.74, 6) is -0.208. The maximum Gasteiger partial charge on any atom is 0.268 e. The van der Waals surface area contributed by atoms with Gasteiger partial charge in [0, 0.05) is 6.42 Å². The molecule has 3 atom stereocenters. The summed E-state index contributed by atoms with van der Waals surface area (Å²) in [6.45, 7) is 4.55. The average molecular weight is 1070 g/mol. The van der Waals surface area contributed by atoms with E-state index in [0.29, 0.717) is 17.4 Å². The minimum atomic E-state index is -4.61. The van der Waals surface area contributed by atoms with Crippen LogP contribution in [-0.4, -0.2) is 68.5 Å². The van der Waals surface area contributed by atoms with Crippen LogP contribution in [-0.2, 0) is 18.4 Å². The standard InChI is InChI=1S/C66H123N2O6P/c1-6-8-10-12-14-16-18-20-22-24-26-28-30-31-32-33-34-35-36-38-39-41-43-45-47-49-51-53-55-57-59-65(69)64(63-74-75(71,72)73-62-61-68(3,4)5)67-66(70)60-58-56-54-52-50-48-46-44-42-40-37-29-27-25-23-21-19-17-15-13-11-9-7-2/h9,11,15,17,21,23,27,29,40,42,57,59,64-65,69H,6-8,10,12-14,16,18-20,22,24-26,28,30-39,41,43-56,58,60-63H2,1-5H3,(H-,67,70,71,72)/b11-9-,17-15-,23-21-,29-27-,42-40-,59-57+. The Morgan fingerprint density at radius 1 is 0.480 bits per heavy atom. The molecular formula is C66H123N2O6P. The summed E-state index contributed by atoms with van der Waals surface area (Å²) in [5.41, 5.74) is 0. The van der Waals surface area contributed by atoms with Gasteiger partial charge in [-0.3, -0.25) is 9.36 Å². The van der Waals surface area contributed by atoms with E-state index in [2.05, 4.69) is 79.9 Å². The Bertz CT molecular complexity index is 1450. The van der Waals surface area contributed by atoms with Gasteiger partial charge in [-0.2, -0.15) is 0 Å². The highest BCUT2D eigenvalue weighted by Gasteiger charge is 2.23. The van der Waals surface area contributed by atoms with Crippen LogP contribution in [0.5, 0.6) is 0 Å². The molecule has 0 aromatic rings. The first-order valence-electron chi connectivity index (χ1n) is 31.8. The molecule has 0 saturated carbocycles. The first kappa shape index (κ1) is 72.9. The second-order valence-corrected chi connectivity index (χ2v) is 24.1. The second-order valence-electron chi connectivity index (χ2n) is 22.7. The lowest BCUT2D eigenvalue weighted by Crippen LogP contribution is -2.45. The van der Waals surface area contributed by atoms with Crippen molar-refractivity contribution >= 4 is 13.7 Å². The zero-order chi connectivity index (χ0) is 54.9. The van der Waals surface area contributed by atoms with Crippen LogP contribution in [0.3, 0.4) is 0 Å². The van der Waals surface area contributed by atoms with E-state index in [1.54, 1.807) is 6.08 Å². The van der Waals surface area contributed by atoms with Crippen LogP contribution in [0, 0.1) is 0 Å². The molecule has 438 valence electrons. The van der Waals surface area contributed by atoms with Crippen molar-refractivity contribution < 1.29 is 32.9 Å². The third kappa shape index (κ3) is 59.4. The minimum Gasteiger partial charge on any atom is -0.756 e. The van der Waals surface area contributed by atoms with E-state index in [9.17, 15) is 19.4 Å². The van der Waals surface area contributed by atoms with E-state index < -0.39 is 20.0 Å². The topological polar surface area (TPSA) is 108 Å². The monoisotopic (exact) mass is 1070 g/mol. The predicted molar refractivity (Wildman–Crippen MR) is 325 cm³/mol. The van der Waals surface area contributed by atoms with Crippen molar-refractivity contribution in [2.24, 2.45) is 0 Å². The maximum atomic E-state index is 13.0. The largest absolute Gasteiger partial charge is 0.756 e. The summed E-state index contributed by atoms with van der Waals surface area (Å²) in [4.78, 5) is 25.6. The van der Waals surface area contributed by atoms with E-state index in [0.717, 1.165) is 83.5 Å². The number of nitrogens with zero attached hydrogens (tertiary/aromatic N) is 1. The predicted octanol–water partition coefficient (Wildman–Crippen LogP) is 19.2. The molecular weight excluding hydrogens is 948 g/mol. The van der Waals surface area contributed by atoms with Crippen molar-refractivity contribution in [2.45, 2.75) is 302 Å². The fourth-order valence-electron chi connectivity index (χ4n) is 9.24. The van der Waals surface area contributed by atoms with E-state index in [4.69, 9.17) is 9.05 Å². The zero-order valence-electron chi connectivity index (χ0n) is 50.0. The second kappa shape index (κ2) is 56.7. The van der Waals surface area contributed by atoms with Gasteiger partial charge in [0.1, 0.15) is 13.2 Å². The number of hydrogen-bond donors (Lipinski definition) is 2. The first-order chi connectivity index (χ1) is 36.5. The minimum absolute atomic E-state index is 0.00622. The lowest BCUT2D eigenvalue weighted by molar-refractivity contribution is -0.870. The van der Waals surface area contributed by atoms with Gasteiger partial charge >= 0.3 is 0 Å². The molecule has 9 heteroatoms. The third-order valence-electron chi connectivity index (χ3n) is 14.2. The van der Waals surface area contributed by atoms with Crippen LogP contribution in [0.15, 0.2) is 72.9 Å². The highest BCUT2D eigenvalue weighted by molar-refractivity contribution is 7.45. The molecule has 3 unspecified atom stereocenters. The third-order valence-corrected chi connectivity index (χ3v) is 15.1. The quantitative estimate of drug-likeness (QED) is 0.0272. The Labute approximate surface area is 465 Å². The molecule has 0 aliphatic rings. The van der Waals surface area contributed by atoms with Gasteiger partial charge in [0.2, 0.25) is 5.91 Å². The number of allylic oxidation sites excluding steroid dienone is 11. The van der Waals surface area contributed by atoms with Gasteiger partial charge in [0.05, 0.1) is 39.9 Å². The highest BCUT2D eigenvalue weighted by Crippen LogP contribution is 2.38. The maximum absolute atomic E-state index is 13.0. The number of unbranched alkanes of at least 4 members (excludes halogenated alkanes) is 35. The van der Waals surface area contributed by atoms with E-state index in [1.807, 2.05) is 27.2 Å². The fourth-order valence-corrected chi connectivity index (χ4v) is 9.96. The number of amides is 1. The van der Waals surface area contributed by atoms with Crippen LogP contribution in [0.2, 0.25) is 0 Å². The molecule has 0 bridgehead atoms. The van der Waals surface area contributed by atoms with Gasteiger partial charge in [0.25, 0.3) is 7.82 Å². The Morgan fingerprint density at radius 3 is 1.19 bits per heavy atom. The van der Waals surface area contributed by atoms with Crippen molar-refractivity contribution in [1.29, 1.82) is 0 Å². The number of phosphoric acid groups is 1. The molecule has 8 nitrogen and oxygen atoms in total. The Balaban J connectivity index is 4.16. The van der Waals surface area contributed by atoms with Gasteiger partial charge in [-0.15, -0.1) is 0 Å². The number of carbonyl (C=O) groups is 1. The molecule has 0 aliphatic carbocycles. The summed E-state index contributed by atoms with van der Waals surface area (Å²) in [5, 5.41) is 13.9. The normalized spacial score (nSPS) is 14.3. The van der Waals surface area contributed by atoms with Crippen LogP contribution < -0.4 is 10.2 Å². The summed E-state index contributed by atoms with van der Waals surface area (Å²) in [6, 6.07) is -0.898. The van der Waals surface area contributed by atoms with Crippen molar-refractivity contribution in [3.8, 4) is 0 Å². The summed E-state index contributed by atoms with van der Waals surface area (Å²) in [6.07, 6.45) is 78.6. The molecule has 0 aromatic carbocycles. The summed E-state index contributed by atoms with van der Waals surface area (Å²) < 4.78 is 23.4. The Kier molecular flexibility index (Phi) is 55.1. The first-order valence-corrected chi connectivity index (χ1v) is 33.3. The van der Waals surface area contributed by atoms with Crippen LogP contribution in [0.4, 0.5) is 0 Å². The van der Waals surface area contributed by atoms with E-state index >= 15 is 0 Å². The van der Waals surface area contributed by atoms with Gasteiger partial charge in [-0.05, 0) is 64.2 Å². The van der Waals surface area contributed by atoms with Crippen molar-refractivity contribution in [3.05, 3.63) is 72.9 Å². The number of aliphatic hydroxyl groups excluding tert-OH is 1. The molecule has 1 amide bonds. The highest BCUT2D eigenvalue weighted by atomic mass is 31.2. The summed E-state index contributed by atoms with van der Waals surface area (Å²) in [7, 11) is 1.25. The number of carbonyl (C=O) groups excluding carboxylic acids is 1. The van der Waals surface area contributed by atoms with Crippen LogP contribution in [0.1, 0.15) is 290 Å². The van der Waals surface area contributed by atoms with E-state index in [-0.39, 0.29) is 19.1 Å². The average Bonchev–Trinajstić information content (AvgIpc) is 3.37. The van der Waals surface area contributed by atoms with Gasteiger partial charge in [-0.1, -0.05) is 292 Å². The van der Waals surface area contributed by atoms with Gasteiger partial charge < -0.3 is 28.8 Å². The summed E-state index contributed by atoms with van der Waals surface area (Å²) >= 11 is 0. The number of phosphoric ester groups is 1. The van der Waals surface area contributed by atoms with Crippen LogP contribution >= 0.6 is 7.82 Å². The molecule has 0 radical (unpaired) electrons. The molecule has 0 rings (SSSR count). The molecule has 0 aromatic heterocycles. The Hall–Kier alpha value is -2.06. The number of quaternary nitrogens is 1. The number of likely N-dealkylation sites (N-methyl/N-ethyl adjacent to an activating group) is 1. The molecule has 75 heavy (non-hydrogen) atoms. The van der Waals surface area contributed by atoms with Crippen LogP contribution in [0.25, 0.3) is 0 Å². The van der Waals surface area contributed by atoms with Crippen molar-refractivity contribution in [3.63, 3.8) is 0 Å². The molecule has 2 N–H and O–H groups in total. The van der Waals surface area contributed by atoms with Crippen molar-refractivity contribution in [2.75, 3.05) is 40.9 Å². The number of rotatable bonds is 58. The smallest absolute Gasteiger partial charge is 0.268 e. The van der Waals surface area contributed by atoms with Gasteiger partial charge in [-0.25, -0.2) is 0 Å².